The van der Waals surface area contributed by atoms with E-state index < -0.39 is 0 Å². The Kier molecular flexibility index (Phi) is 4.04. The molecule has 16 heavy (non-hydrogen) atoms. The highest BCUT2D eigenvalue weighted by atomic mass is 16.2. The smallest absolute Gasteiger partial charge is 0.317 e. The van der Waals surface area contributed by atoms with E-state index >= 15 is 0 Å². The predicted octanol–water partition coefficient (Wildman–Crippen LogP) is 1.32. The first-order valence-corrected chi connectivity index (χ1v) is 6.53. The monoisotopic (exact) mass is 225 g/mol. The van der Waals surface area contributed by atoms with Crippen LogP contribution in [0, 0.1) is 0 Å². The Labute approximate surface area is 97.8 Å². The van der Waals surface area contributed by atoms with E-state index in [9.17, 15) is 4.79 Å². The topological polar surface area (TPSA) is 44.4 Å². The van der Waals surface area contributed by atoms with Crippen molar-refractivity contribution in [2.24, 2.45) is 0 Å². The highest BCUT2D eigenvalue weighted by Gasteiger charge is 2.28. The summed E-state index contributed by atoms with van der Waals surface area (Å²) in [4.78, 5) is 14.1. The lowest BCUT2D eigenvalue weighted by molar-refractivity contribution is 0.143. The van der Waals surface area contributed by atoms with Crippen LogP contribution in [-0.4, -0.2) is 43.2 Å². The molecule has 2 rings (SSSR count). The number of piperidine rings is 1. The number of carbonyl (C=O) groups is 1. The van der Waals surface area contributed by atoms with Crippen LogP contribution in [0.2, 0.25) is 0 Å². The zero-order valence-corrected chi connectivity index (χ0v) is 10.2. The minimum absolute atomic E-state index is 0.157. The average molecular weight is 225 g/mol. The lowest BCUT2D eigenvalue weighted by Crippen LogP contribution is -2.54. The molecule has 0 aromatic rings. The summed E-state index contributed by atoms with van der Waals surface area (Å²) >= 11 is 0. The molecule has 1 atom stereocenters. The predicted molar refractivity (Wildman–Crippen MR) is 64.4 cm³/mol. The van der Waals surface area contributed by atoms with Crippen molar-refractivity contribution in [3.8, 4) is 0 Å². The van der Waals surface area contributed by atoms with Crippen molar-refractivity contribution < 1.29 is 4.79 Å². The summed E-state index contributed by atoms with van der Waals surface area (Å²) in [5, 5.41) is 6.32. The summed E-state index contributed by atoms with van der Waals surface area (Å²) in [5.41, 5.74) is 0. The van der Waals surface area contributed by atoms with E-state index in [1.165, 1.54) is 12.8 Å². The van der Waals surface area contributed by atoms with Crippen molar-refractivity contribution in [2.45, 2.75) is 50.6 Å². The number of rotatable bonds is 3. The number of likely N-dealkylation sites (N-methyl/N-ethyl adjacent to an activating group) is 1. The molecule has 0 aromatic carbocycles. The molecule has 1 heterocycles. The lowest BCUT2D eigenvalue weighted by atomic mass is 9.93. The fourth-order valence-corrected chi connectivity index (χ4v) is 2.53. The van der Waals surface area contributed by atoms with Gasteiger partial charge in [-0.2, -0.15) is 0 Å². The SMILES string of the molecule is CNCC1CCCCN1C(=O)NC1CCC1. The Morgan fingerprint density at radius 2 is 2.06 bits per heavy atom. The molecule has 1 aliphatic heterocycles. The van der Waals surface area contributed by atoms with Crippen LogP contribution >= 0.6 is 0 Å². The van der Waals surface area contributed by atoms with Crippen molar-refractivity contribution in [1.29, 1.82) is 0 Å². The van der Waals surface area contributed by atoms with Crippen molar-refractivity contribution in [1.82, 2.24) is 15.5 Å². The van der Waals surface area contributed by atoms with Gasteiger partial charge < -0.3 is 15.5 Å². The molecule has 4 nitrogen and oxygen atoms in total. The molecule has 4 heteroatoms. The van der Waals surface area contributed by atoms with E-state index in [-0.39, 0.29) is 6.03 Å². The second-order valence-corrected chi connectivity index (χ2v) is 4.98. The van der Waals surface area contributed by atoms with Gasteiger partial charge in [0.1, 0.15) is 0 Å². The summed E-state index contributed by atoms with van der Waals surface area (Å²) in [7, 11) is 1.95. The van der Waals surface area contributed by atoms with E-state index in [1.54, 1.807) is 0 Å². The molecular weight excluding hydrogens is 202 g/mol. The summed E-state index contributed by atoms with van der Waals surface area (Å²) in [6.07, 6.45) is 7.13. The number of nitrogens with zero attached hydrogens (tertiary/aromatic N) is 1. The zero-order chi connectivity index (χ0) is 11.4. The van der Waals surface area contributed by atoms with E-state index in [1.807, 2.05) is 11.9 Å². The van der Waals surface area contributed by atoms with Crippen LogP contribution in [0.25, 0.3) is 0 Å². The van der Waals surface area contributed by atoms with Crippen LogP contribution < -0.4 is 10.6 Å². The van der Waals surface area contributed by atoms with Crippen LogP contribution in [0.15, 0.2) is 0 Å². The fourth-order valence-electron chi connectivity index (χ4n) is 2.53. The molecule has 2 amide bonds. The van der Waals surface area contributed by atoms with Crippen LogP contribution in [0.1, 0.15) is 38.5 Å². The zero-order valence-electron chi connectivity index (χ0n) is 10.2. The standard InChI is InChI=1S/C12H23N3O/c1-13-9-11-7-2-3-8-15(11)12(16)14-10-5-4-6-10/h10-11,13H,2-9H2,1H3,(H,14,16). The maximum absolute atomic E-state index is 12.1. The van der Waals surface area contributed by atoms with Gasteiger partial charge in [-0.1, -0.05) is 0 Å². The lowest BCUT2D eigenvalue weighted by Gasteiger charge is -2.38. The molecule has 2 fully saturated rings. The maximum atomic E-state index is 12.1. The van der Waals surface area contributed by atoms with Gasteiger partial charge in [0, 0.05) is 25.2 Å². The van der Waals surface area contributed by atoms with Crippen LogP contribution in [0.3, 0.4) is 0 Å². The van der Waals surface area contributed by atoms with E-state index in [4.69, 9.17) is 0 Å². The van der Waals surface area contributed by atoms with Gasteiger partial charge in [0.25, 0.3) is 0 Å². The number of amides is 2. The minimum Gasteiger partial charge on any atom is -0.335 e. The Morgan fingerprint density at radius 3 is 2.69 bits per heavy atom. The fraction of sp³-hybridized carbons (Fsp3) is 0.917. The Hall–Kier alpha value is -0.770. The number of hydrogen-bond acceptors (Lipinski definition) is 2. The van der Waals surface area contributed by atoms with Gasteiger partial charge in [-0.3, -0.25) is 0 Å². The number of hydrogen-bond donors (Lipinski definition) is 2. The molecule has 0 spiro atoms. The van der Waals surface area contributed by atoms with Crippen LogP contribution in [0.4, 0.5) is 4.79 Å². The molecule has 2 aliphatic rings. The van der Waals surface area contributed by atoms with Gasteiger partial charge in [-0.15, -0.1) is 0 Å². The first-order chi connectivity index (χ1) is 7.81. The first kappa shape index (κ1) is 11.7. The summed E-state index contributed by atoms with van der Waals surface area (Å²) in [6.45, 7) is 1.84. The molecule has 1 unspecified atom stereocenters. The summed E-state index contributed by atoms with van der Waals surface area (Å²) in [6, 6.07) is 0.994. The first-order valence-electron chi connectivity index (χ1n) is 6.53. The Balaban J connectivity index is 1.85. The molecule has 0 radical (unpaired) electrons. The second kappa shape index (κ2) is 5.53. The highest BCUT2D eigenvalue weighted by Crippen LogP contribution is 2.20. The van der Waals surface area contributed by atoms with Crippen molar-refractivity contribution >= 4 is 6.03 Å². The molecule has 92 valence electrons. The normalized spacial score (nSPS) is 26.3. The maximum Gasteiger partial charge on any atom is 0.317 e. The molecule has 1 saturated heterocycles. The van der Waals surface area contributed by atoms with E-state index in [2.05, 4.69) is 10.6 Å². The van der Waals surface area contributed by atoms with Crippen molar-refractivity contribution in [3.63, 3.8) is 0 Å². The number of likely N-dealkylation sites (tertiary alicyclic amines) is 1. The quantitative estimate of drug-likeness (QED) is 0.761. The van der Waals surface area contributed by atoms with E-state index in [0.29, 0.717) is 12.1 Å². The summed E-state index contributed by atoms with van der Waals surface area (Å²) < 4.78 is 0. The number of carbonyl (C=O) groups excluding carboxylic acids is 1. The highest BCUT2D eigenvalue weighted by molar-refractivity contribution is 5.75. The van der Waals surface area contributed by atoms with Gasteiger partial charge in [-0.05, 0) is 45.6 Å². The molecule has 0 bridgehead atoms. The van der Waals surface area contributed by atoms with Gasteiger partial charge >= 0.3 is 6.03 Å². The number of nitrogens with one attached hydrogen (secondary N) is 2. The third kappa shape index (κ3) is 2.67. The van der Waals surface area contributed by atoms with Crippen molar-refractivity contribution in [2.75, 3.05) is 20.1 Å². The third-order valence-electron chi connectivity index (χ3n) is 3.76. The van der Waals surface area contributed by atoms with Crippen LogP contribution in [0.5, 0.6) is 0 Å². The van der Waals surface area contributed by atoms with E-state index in [0.717, 1.165) is 38.8 Å². The number of urea groups is 1. The molecule has 2 N–H and O–H groups in total. The van der Waals surface area contributed by atoms with Gasteiger partial charge in [0.05, 0.1) is 0 Å². The summed E-state index contributed by atoms with van der Waals surface area (Å²) in [5.74, 6) is 0. The average Bonchev–Trinajstić information content (AvgIpc) is 2.24. The van der Waals surface area contributed by atoms with Gasteiger partial charge in [0.15, 0.2) is 0 Å². The van der Waals surface area contributed by atoms with Crippen LogP contribution in [-0.2, 0) is 0 Å². The molecule has 1 saturated carbocycles. The molecule has 0 aromatic heterocycles. The second-order valence-electron chi connectivity index (χ2n) is 4.98. The minimum atomic E-state index is 0.157. The Morgan fingerprint density at radius 1 is 1.25 bits per heavy atom. The van der Waals surface area contributed by atoms with Gasteiger partial charge in [0.2, 0.25) is 0 Å². The largest absolute Gasteiger partial charge is 0.335 e. The molecular formula is C12H23N3O. The molecule has 1 aliphatic carbocycles. The Bertz CT molecular complexity index is 238. The van der Waals surface area contributed by atoms with Crippen molar-refractivity contribution in [3.05, 3.63) is 0 Å². The third-order valence-corrected chi connectivity index (χ3v) is 3.76. The van der Waals surface area contributed by atoms with Gasteiger partial charge in [-0.25, -0.2) is 4.79 Å².